The fraction of sp³-hybridized carbons (Fsp3) is 0.118. The summed E-state index contributed by atoms with van der Waals surface area (Å²) in [4.78, 5) is 6.43. The third-order valence-electron chi connectivity index (χ3n) is 3.29. The van der Waals surface area contributed by atoms with Crippen molar-refractivity contribution >= 4 is 29.1 Å². The van der Waals surface area contributed by atoms with Gasteiger partial charge in [-0.25, -0.2) is 0 Å². The SMILES string of the molecule is CN(Cc1ccccc1)c1nncc(Nc2ccccc2Cl)n1. The van der Waals surface area contributed by atoms with E-state index in [4.69, 9.17) is 11.6 Å². The van der Waals surface area contributed by atoms with Crippen LogP contribution in [0.3, 0.4) is 0 Å². The quantitative estimate of drug-likeness (QED) is 0.771. The molecule has 0 aliphatic carbocycles. The number of hydrogen-bond donors (Lipinski definition) is 1. The van der Waals surface area contributed by atoms with Crippen LogP contribution in [-0.2, 0) is 6.54 Å². The van der Waals surface area contributed by atoms with Crippen molar-refractivity contribution in [2.24, 2.45) is 0 Å². The minimum Gasteiger partial charge on any atom is -0.338 e. The Bertz CT molecular complexity index is 779. The smallest absolute Gasteiger partial charge is 0.247 e. The van der Waals surface area contributed by atoms with Crippen molar-refractivity contribution in [2.45, 2.75) is 6.54 Å². The van der Waals surface area contributed by atoms with Crippen LogP contribution in [0.1, 0.15) is 5.56 Å². The Kier molecular flexibility index (Phi) is 4.68. The summed E-state index contributed by atoms with van der Waals surface area (Å²) in [5.74, 6) is 1.15. The van der Waals surface area contributed by atoms with Crippen LogP contribution < -0.4 is 10.2 Å². The Hall–Kier alpha value is -2.66. The second-order valence-electron chi connectivity index (χ2n) is 5.09. The average Bonchev–Trinajstić information content (AvgIpc) is 2.58. The van der Waals surface area contributed by atoms with Gasteiger partial charge in [0.2, 0.25) is 5.95 Å². The summed E-state index contributed by atoms with van der Waals surface area (Å²) < 4.78 is 0. The van der Waals surface area contributed by atoms with Gasteiger partial charge < -0.3 is 10.2 Å². The molecule has 1 N–H and O–H groups in total. The molecule has 23 heavy (non-hydrogen) atoms. The molecular formula is C17H16ClN5. The van der Waals surface area contributed by atoms with Gasteiger partial charge in [0.1, 0.15) is 0 Å². The first-order valence-corrected chi connectivity index (χ1v) is 7.56. The Morgan fingerprint density at radius 3 is 2.57 bits per heavy atom. The maximum absolute atomic E-state index is 6.15. The van der Waals surface area contributed by atoms with E-state index < -0.39 is 0 Å². The molecule has 1 heterocycles. The summed E-state index contributed by atoms with van der Waals surface area (Å²) in [6.07, 6.45) is 1.57. The maximum Gasteiger partial charge on any atom is 0.247 e. The topological polar surface area (TPSA) is 53.9 Å². The first-order chi connectivity index (χ1) is 11.2. The van der Waals surface area contributed by atoms with E-state index in [0.29, 0.717) is 23.3 Å². The molecule has 1 aromatic heterocycles. The lowest BCUT2D eigenvalue weighted by atomic mass is 10.2. The van der Waals surface area contributed by atoms with Crippen molar-refractivity contribution in [2.75, 3.05) is 17.3 Å². The van der Waals surface area contributed by atoms with Crippen molar-refractivity contribution in [1.82, 2.24) is 15.2 Å². The van der Waals surface area contributed by atoms with E-state index in [1.807, 2.05) is 54.4 Å². The lowest BCUT2D eigenvalue weighted by molar-refractivity contribution is 0.831. The highest BCUT2D eigenvalue weighted by molar-refractivity contribution is 6.33. The van der Waals surface area contributed by atoms with Crippen molar-refractivity contribution < 1.29 is 0 Å². The second-order valence-corrected chi connectivity index (χ2v) is 5.50. The Morgan fingerprint density at radius 1 is 1.04 bits per heavy atom. The lowest BCUT2D eigenvalue weighted by Gasteiger charge is -2.17. The zero-order valence-electron chi connectivity index (χ0n) is 12.6. The second kappa shape index (κ2) is 7.07. The molecule has 0 amide bonds. The van der Waals surface area contributed by atoms with Crippen LogP contribution in [0.5, 0.6) is 0 Å². The molecule has 5 nitrogen and oxygen atoms in total. The van der Waals surface area contributed by atoms with E-state index >= 15 is 0 Å². The minimum atomic E-state index is 0.547. The molecule has 0 atom stereocenters. The predicted molar refractivity (Wildman–Crippen MR) is 93.1 cm³/mol. The Morgan fingerprint density at radius 2 is 1.78 bits per heavy atom. The van der Waals surface area contributed by atoms with Crippen molar-refractivity contribution in [3.8, 4) is 0 Å². The summed E-state index contributed by atoms with van der Waals surface area (Å²) in [5.41, 5.74) is 1.97. The molecule has 2 aromatic carbocycles. The van der Waals surface area contributed by atoms with Gasteiger partial charge in [0.15, 0.2) is 5.82 Å². The van der Waals surface area contributed by atoms with Gasteiger partial charge in [-0.15, -0.1) is 5.10 Å². The van der Waals surface area contributed by atoms with Crippen molar-refractivity contribution in [1.29, 1.82) is 0 Å². The monoisotopic (exact) mass is 325 g/mol. The summed E-state index contributed by atoms with van der Waals surface area (Å²) in [6, 6.07) is 17.6. The van der Waals surface area contributed by atoms with Crippen LogP contribution in [0.15, 0.2) is 60.8 Å². The third-order valence-corrected chi connectivity index (χ3v) is 3.62. The zero-order valence-corrected chi connectivity index (χ0v) is 13.4. The minimum absolute atomic E-state index is 0.547. The first kappa shape index (κ1) is 15.2. The van der Waals surface area contributed by atoms with E-state index in [1.165, 1.54) is 5.56 Å². The lowest BCUT2D eigenvalue weighted by Crippen LogP contribution is -2.19. The molecule has 0 radical (unpaired) electrons. The highest BCUT2D eigenvalue weighted by atomic mass is 35.5. The molecule has 0 bridgehead atoms. The number of rotatable bonds is 5. The fourth-order valence-corrected chi connectivity index (χ4v) is 2.33. The van der Waals surface area contributed by atoms with Crippen molar-refractivity contribution in [3.05, 3.63) is 71.4 Å². The molecule has 0 unspecified atom stereocenters. The number of anilines is 3. The average molecular weight is 326 g/mol. The van der Waals surface area contributed by atoms with Gasteiger partial charge in [-0.1, -0.05) is 54.1 Å². The van der Waals surface area contributed by atoms with Crippen LogP contribution in [-0.4, -0.2) is 22.2 Å². The first-order valence-electron chi connectivity index (χ1n) is 7.19. The number of halogens is 1. The largest absolute Gasteiger partial charge is 0.338 e. The molecule has 0 spiro atoms. The third kappa shape index (κ3) is 3.96. The van der Waals surface area contributed by atoms with Crippen LogP contribution >= 0.6 is 11.6 Å². The van der Waals surface area contributed by atoms with Gasteiger partial charge >= 0.3 is 0 Å². The summed E-state index contributed by atoms with van der Waals surface area (Å²) in [6.45, 7) is 0.706. The van der Waals surface area contributed by atoms with E-state index in [2.05, 4.69) is 32.6 Å². The standard InChI is InChI=1S/C17H16ClN5/c1-23(12-13-7-3-2-4-8-13)17-21-16(11-19-22-17)20-15-10-6-5-9-14(15)18/h2-11H,12H2,1H3,(H,20,21,22). The number of nitrogens with one attached hydrogen (secondary N) is 1. The van der Waals surface area contributed by atoms with E-state index in [1.54, 1.807) is 6.20 Å². The summed E-state index contributed by atoms with van der Waals surface area (Å²) in [5, 5.41) is 11.9. The fourth-order valence-electron chi connectivity index (χ4n) is 2.14. The van der Waals surface area contributed by atoms with Crippen LogP contribution in [0.2, 0.25) is 5.02 Å². The molecule has 0 saturated carbocycles. The van der Waals surface area contributed by atoms with E-state index in [9.17, 15) is 0 Å². The van der Waals surface area contributed by atoms with Gasteiger partial charge in [-0.2, -0.15) is 10.1 Å². The molecule has 0 aliphatic heterocycles. The molecule has 3 rings (SSSR count). The molecular weight excluding hydrogens is 310 g/mol. The summed E-state index contributed by atoms with van der Waals surface area (Å²) in [7, 11) is 1.93. The van der Waals surface area contributed by atoms with Crippen LogP contribution in [0.4, 0.5) is 17.5 Å². The molecule has 0 fully saturated rings. The van der Waals surface area contributed by atoms with Gasteiger partial charge in [0, 0.05) is 13.6 Å². The highest BCUT2D eigenvalue weighted by Crippen LogP contribution is 2.24. The predicted octanol–water partition coefficient (Wildman–Crippen LogP) is 3.91. The normalized spacial score (nSPS) is 10.3. The molecule has 3 aromatic rings. The van der Waals surface area contributed by atoms with Crippen molar-refractivity contribution in [3.63, 3.8) is 0 Å². The molecule has 6 heteroatoms. The molecule has 0 aliphatic rings. The van der Waals surface area contributed by atoms with E-state index in [-0.39, 0.29) is 0 Å². The van der Waals surface area contributed by atoms with Crippen LogP contribution in [0.25, 0.3) is 0 Å². The molecule has 116 valence electrons. The Balaban J connectivity index is 1.76. The number of benzene rings is 2. The number of aromatic nitrogens is 3. The van der Waals surface area contributed by atoms with Gasteiger partial charge in [-0.3, -0.25) is 0 Å². The maximum atomic E-state index is 6.15. The van der Waals surface area contributed by atoms with Gasteiger partial charge in [0.05, 0.1) is 16.9 Å². The van der Waals surface area contributed by atoms with Crippen LogP contribution in [0, 0.1) is 0 Å². The van der Waals surface area contributed by atoms with Gasteiger partial charge in [-0.05, 0) is 17.7 Å². The van der Waals surface area contributed by atoms with Gasteiger partial charge in [0.25, 0.3) is 0 Å². The number of para-hydroxylation sites is 1. The zero-order chi connectivity index (χ0) is 16.1. The molecule has 0 saturated heterocycles. The summed E-state index contributed by atoms with van der Waals surface area (Å²) >= 11 is 6.15. The highest BCUT2D eigenvalue weighted by Gasteiger charge is 2.08. The Labute approximate surface area is 140 Å². The number of hydrogen-bond acceptors (Lipinski definition) is 5. The number of nitrogens with zero attached hydrogens (tertiary/aromatic N) is 4. The van der Waals surface area contributed by atoms with E-state index in [0.717, 1.165) is 5.69 Å².